The summed E-state index contributed by atoms with van der Waals surface area (Å²) in [6, 6.07) is 12.9. The zero-order chi connectivity index (χ0) is 26.5. The smallest absolute Gasteiger partial charge is 0.314 e. The van der Waals surface area contributed by atoms with Crippen LogP contribution in [0.4, 0.5) is 8.78 Å². The summed E-state index contributed by atoms with van der Waals surface area (Å²) in [5, 5.41) is 9.35. The number of ether oxygens (including phenoxy) is 1. The van der Waals surface area contributed by atoms with Gasteiger partial charge < -0.3 is 10.5 Å². The van der Waals surface area contributed by atoms with Crippen LogP contribution in [0.5, 0.6) is 0 Å². The Morgan fingerprint density at radius 2 is 1.94 bits per heavy atom. The van der Waals surface area contributed by atoms with Crippen LogP contribution in [-0.4, -0.2) is 28.9 Å². The van der Waals surface area contributed by atoms with Crippen molar-refractivity contribution in [2.75, 3.05) is 0 Å². The Bertz CT molecular complexity index is 1270. The van der Waals surface area contributed by atoms with Crippen molar-refractivity contribution in [2.45, 2.75) is 46.1 Å². The zero-order valence-corrected chi connectivity index (χ0v) is 20.7. The van der Waals surface area contributed by atoms with Crippen LogP contribution in [0.3, 0.4) is 0 Å². The lowest BCUT2D eigenvalue weighted by molar-refractivity contribution is -0.194. The van der Waals surface area contributed by atoms with E-state index in [9.17, 15) is 14.9 Å². The van der Waals surface area contributed by atoms with Crippen LogP contribution >= 0.6 is 0 Å². The number of amides is 1. The number of benzene rings is 1. The molecule has 0 unspecified atom stereocenters. The molecule has 1 amide bonds. The summed E-state index contributed by atoms with van der Waals surface area (Å²) in [5.41, 5.74) is 4.91. The van der Waals surface area contributed by atoms with E-state index in [1.54, 1.807) is 43.5 Å². The summed E-state index contributed by atoms with van der Waals surface area (Å²) in [4.78, 5) is 29.9. The van der Waals surface area contributed by atoms with Gasteiger partial charge in [-0.2, -0.15) is 5.26 Å². The molecule has 6 nitrogen and oxygen atoms in total. The number of cyclic esters (lactones) is 1. The van der Waals surface area contributed by atoms with E-state index >= 15 is 8.78 Å². The minimum atomic E-state index is -3.22. The Morgan fingerprint density at radius 3 is 2.56 bits per heavy atom. The number of allylic oxidation sites excluding steroid dienone is 1. The minimum absolute atomic E-state index is 0.522. The first-order valence-corrected chi connectivity index (χ1v) is 11.9. The number of carbonyl (C=O) groups is 2. The van der Waals surface area contributed by atoms with E-state index in [0.29, 0.717) is 11.3 Å². The van der Waals surface area contributed by atoms with Gasteiger partial charge in [0.05, 0.1) is 28.2 Å². The first-order valence-electron chi connectivity index (χ1n) is 11.9. The Kier molecular flexibility index (Phi) is 6.24. The number of primary amides is 1. The van der Waals surface area contributed by atoms with Crippen LogP contribution in [0.1, 0.15) is 45.4 Å². The summed E-state index contributed by atoms with van der Waals surface area (Å²) in [5.74, 6) is -7.38. The molecule has 1 saturated carbocycles. The predicted molar refractivity (Wildman–Crippen MR) is 130 cm³/mol. The molecule has 1 saturated heterocycles. The van der Waals surface area contributed by atoms with Crippen molar-refractivity contribution in [2.24, 2.45) is 34.3 Å². The van der Waals surface area contributed by atoms with Crippen molar-refractivity contribution in [3.63, 3.8) is 0 Å². The van der Waals surface area contributed by atoms with Gasteiger partial charge in [0.1, 0.15) is 6.10 Å². The van der Waals surface area contributed by atoms with E-state index in [4.69, 9.17) is 10.5 Å². The highest BCUT2D eigenvalue weighted by Gasteiger charge is 2.73. The molecule has 1 aliphatic heterocycles. The van der Waals surface area contributed by atoms with Crippen molar-refractivity contribution in [3.8, 4) is 17.2 Å². The maximum atomic E-state index is 15.4. The van der Waals surface area contributed by atoms with Gasteiger partial charge in [-0.3, -0.25) is 14.6 Å². The second kappa shape index (κ2) is 8.81. The lowest BCUT2D eigenvalue weighted by Gasteiger charge is -2.53. The number of pyridine rings is 1. The molecule has 5 atom stereocenters. The highest BCUT2D eigenvalue weighted by atomic mass is 19.3. The number of carbonyl (C=O) groups excluding carboxylic acids is 2. The van der Waals surface area contributed by atoms with E-state index in [0.717, 1.165) is 11.1 Å². The maximum Gasteiger partial charge on any atom is 0.314 e. The number of esters is 1. The van der Waals surface area contributed by atoms with E-state index in [-0.39, 0.29) is 0 Å². The molecule has 2 fully saturated rings. The topological polar surface area (TPSA) is 106 Å². The van der Waals surface area contributed by atoms with Gasteiger partial charge >= 0.3 is 5.97 Å². The first kappa shape index (κ1) is 25.5. The Balaban J connectivity index is 1.72. The third-order valence-corrected chi connectivity index (χ3v) is 8.27. The van der Waals surface area contributed by atoms with Crippen LogP contribution in [-0.2, 0) is 14.3 Å². The second-order valence-electron chi connectivity index (χ2n) is 10.4. The van der Waals surface area contributed by atoms with Crippen molar-refractivity contribution in [3.05, 3.63) is 59.9 Å². The second-order valence-corrected chi connectivity index (χ2v) is 10.4. The average molecular weight is 494 g/mol. The summed E-state index contributed by atoms with van der Waals surface area (Å²) in [7, 11) is 0. The Morgan fingerprint density at radius 1 is 1.25 bits per heavy atom. The number of rotatable bonds is 5. The lowest BCUT2D eigenvalue weighted by Crippen LogP contribution is -2.62. The Labute approximate surface area is 209 Å². The standard InChI is InChI=1S/C28H29F2N3O3/c1-16-21(12-11-20-10-9-19(14-33-20)22-8-6-5-7-18(22)13-31)23-17(2)36-25(35)27(23,15-28(16,29)30)26(3,4)24(32)34/h5-12,14,16-17,21,23H,15H2,1-4H3,(H2,32,34)/t16-,17+,21-,23-,27-/m0/s1. The molecule has 188 valence electrons. The molecule has 8 heteroatoms. The maximum absolute atomic E-state index is 15.4. The van der Waals surface area contributed by atoms with Crippen LogP contribution in [0.2, 0.25) is 0 Å². The normalized spacial score (nSPS) is 29.4. The summed E-state index contributed by atoms with van der Waals surface area (Å²) >= 11 is 0. The molecule has 0 radical (unpaired) electrons. The summed E-state index contributed by atoms with van der Waals surface area (Å²) in [6.45, 7) is 6.04. The van der Waals surface area contributed by atoms with Gasteiger partial charge in [0.15, 0.2) is 0 Å². The van der Waals surface area contributed by atoms with Crippen LogP contribution in [0.15, 0.2) is 48.7 Å². The number of hydrogen-bond donors (Lipinski definition) is 1. The SMILES string of the molecule is C[C@H]1OC(=O)[C@]2(C(C)(C)C(N)=O)CC(F)(F)[C@@H](C)[C@H](C=Cc3ccc(-c4ccccc4C#N)cn3)[C@H]12. The van der Waals surface area contributed by atoms with Crippen molar-refractivity contribution in [1.29, 1.82) is 5.26 Å². The van der Waals surface area contributed by atoms with E-state index in [2.05, 4.69) is 11.1 Å². The number of fused-ring (bicyclic) bond motifs is 1. The number of nitriles is 1. The summed E-state index contributed by atoms with van der Waals surface area (Å²) < 4.78 is 36.4. The molecule has 1 aromatic carbocycles. The predicted octanol–water partition coefficient (Wildman–Crippen LogP) is 4.98. The molecular weight excluding hydrogens is 464 g/mol. The first-order chi connectivity index (χ1) is 16.9. The van der Waals surface area contributed by atoms with Gasteiger partial charge in [-0.05, 0) is 44.9 Å². The van der Waals surface area contributed by atoms with E-state index in [1.807, 2.05) is 18.2 Å². The molecule has 2 aromatic rings. The Hall–Kier alpha value is -3.60. The van der Waals surface area contributed by atoms with Crippen molar-refractivity contribution >= 4 is 18.0 Å². The highest BCUT2D eigenvalue weighted by molar-refractivity contribution is 5.91. The molecule has 0 spiro atoms. The fourth-order valence-corrected chi connectivity index (χ4v) is 5.95. The third-order valence-electron chi connectivity index (χ3n) is 8.27. The van der Waals surface area contributed by atoms with Gasteiger partial charge in [-0.15, -0.1) is 0 Å². The zero-order valence-electron chi connectivity index (χ0n) is 20.7. The fraction of sp³-hybridized carbons (Fsp3) is 0.429. The quantitative estimate of drug-likeness (QED) is 0.591. The summed E-state index contributed by atoms with van der Waals surface area (Å²) in [6.07, 6.45) is 3.47. The molecule has 4 rings (SSSR count). The number of nitrogens with zero attached hydrogens (tertiary/aromatic N) is 2. The van der Waals surface area contributed by atoms with Gasteiger partial charge in [0.2, 0.25) is 5.91 Å². The molecule has 0 bridgehead atoms. The van der Waals surface area contributed by atoms with Gasteiger partial charge in [-0.25, -0.2) is 8.78 Å². The van der Waals surface area contributed by atoms with Gasteiger partial charge in [-0.1, -0.05) is 37.3 Å². The number of halogens is 2. The molecular formula is C28H29F2N3O3. The van der Waals surface area contributed by atoms with Crippen LogP contribution in [0.25, 0.3) is 17.2 Å². The number of nitrogens with two attached hydrogens (primary N) is 1. The number of alkyl halides is 2. The molecule has 1 aliphatic carbocycles. The van der Waals surface area contributed by atoms with Crippen molar-refractivity contribution < 1.29 is 23.1 Å². The molecule has 2 heterocycles. The van der Waals surface area contributed by atoms with Crippen molar-refractivity contribution in [1.82, 2.24) is 4.98 Å². The third kappa shape index (κ3) is 3.78. The van der Waals surface area contributed by atoms with Crippen LogP contribution in [0, 0.1) is 39.9 Å². The molecule has 36 heavy (non-hydrogen) atoms. The minimum Gasteiger partial charge on any atom is -0.462 e. The highest BCUT2D eigenvalue weighted by Crippen LogP contribution is 2.65. The van der Waals surface area contributed by atoms with E-state index < -0.39 is 58.9 Å². The number of aromatic nitrogens is 1. The molecule has 2 aliphatic rings. The van der Waals surface area contributed by atoms with Crippen LogP contribution < -0.4 is 5.73 Å². The average Bonchev–Trinajstić information content (AvgIpc) is 3.09. The van der Waals surface area contributed by atoms with E-state index in [1.165, 1.54) is 20.8 Å². The van der Waals surface area contributed by atoms with Gasteiger partial charge in [0, 0.05) is 35.6 Å². The lowest BCUT2D eigenvalue weighted by atomic mass is 9.48. The molecule has 2 N–H and O–H groups in total. The number of hydrogen-bond acceptors (Lipinski definition) is 5. The monoisotopic (exact) mass is 493 g/mol. The largest absolute Gasteiger partial charge is 0.462 e. The van der Waals surface area contributed by atoms with Gasteiger partial charge in [0.25, 0.3) is 5.92 Å². The fourth-order valence-electron chi connectivity index (χ4n) is 5.95. The molecule has 1 aromatic heterocycles.